The van der Waals surface area contributed by atoms with Gasteiger partial charge in [-0.25, -0.2) is 13.9 Å². The number of carboxylic acid groups (broad SMARTS) is 1. The monoisotopic (exact) mass is 433 g/mol. The molecule has 0 unspecified atom stereocenters. The van der Waals surface area contributed by atoms with Gasteiger partial charge in [-0.1, -0.05) is 29.5 Å². The number of carbonyl (C=O) groups excluding carboxylic acids is 1. The summed E-state index contributed by atoms with van der Waals surface area (Å²) in [6, 6.07) is 5.33. The standard InChI is InChI=1S/C18H20FN7O3S/c1-2-13-16(17(28)29)23-25-26(13)10-11(19)6-7-15-22-24-18(30-15)21-14(27)9-12-5-3-4-8-20-12/h3-5,8,11H,2,6-7,9-10H2,1H3,(H,28,29)(H,21,24,27)/t11-/m1/s1. The Labute approximate surface area is 175 Å². The number of halogens is 1. The van der Waals surface area contributed by atoms with Gasteiger partial charge in [0.2, 0.25) is 11.0 Å². The molecule has 0 saturated carbocycles. The number of hydrogen-bond donors (Lipinski definition) is 2. The lowest BCUT2D eigenvalue weighted by Gasteiger charge is -2.09. The van der Waals surface area contributed by atoms with Gasteiger partial charge in [-0.15, -0.1) is 15.3 Å². The van der Waals surface area contributed by atoms with Crippen molar-refractivity contribution in [3.63, 3.8) is 0 Å². The first-order chi connectivity index (χ1) is 14.5. The van der Waals surface area contributed by atoms with Gasteiger partial charge in [-0.05, 0) is 25.0 Å². The minimum Gasteiger partial charge on any atom is -0.476 e. The minimum absolute atomic E-state index is 0.0874. The van der Waals surface area contributed by atoms with E-state index in [1.165, 1.54) is 16.0 Å². The number of aromatic nitrogens is 6. The second kappa shape index (κ2) is 9.96. The molecule has 1 atom stereocenters. The van der Waals surface area contributed by atoms with Crippen LogP contribution in [0.25, 0.3) is 0 Å². The molecule has 10 nitrogen and oxygen atoms in total. The van der Waals surface area contributed by atoms with Gasteiger partial charge in [0.15, 0.2) is 5.69 Å². The number of nitrogens with zero attached hydrogens (tertiary/aromatic N) is 6. The third kappa shape index (κ3) is 5.63. The molecule has 3 rings (SSSR count). The van der Waals surface area contributed by atoms with Crippen molar-refractivity contribution in [2.75, 3.05) is 5.32 Å². The highest BCUT2D eigenvalue weighted by molar-refractivity contribution is 7.15. The van der Waals surface area contributed by atoms with E-state index >= 15 is 0 Å². The number of amides is 1. The lowest BCUT2D eigenvalue weighted by molar-refractivity contribution is -0.115. The Morgan fingerprint density at radius 2 is 2.13 bits per heavy atom. The topological polar surface area (TPSA) is 136 Å². The Balaban J connectivity index is 1.49. The number of carbonyl (C=O) groups is 2. The van der Waals surface area contributed by atoms with Crippen LogP contribution in [0.1, 0.15) is 40.2 Å². The number of anilines is 1. The summed E-state index contributed by atoms with van der Waals surface area (Å²) in [5.41, 5.74) is 0.879. The van der Waals surface area contributed by atoms with Crippen molar-refractivity contribution >= 4 is 28.3 Å². The fourth-order valence-corrected chi connectivity index (χ4v) is 3.56. The average Bonchev–Trinajstić information content (AvgIpc) is 3.33. The zero-order chi connectivity index (χ0) is 21.5. The van der Waals surface area contributed by atoms with Crippen LogP contribution in [0.4, 0.5) is 9.52 Å². The number of nitrogens with one attached hydrogen (secondary N) is 1. The molecule has 1 amide bonds. The molecule has 0 spiro atoms. The molecule has 0 aliphatic rings. The maximum absolute atomic E-state index is 14.4. The molecule has 0 aliphatic heterocycles. The van der Waals surface area contributed by atoms with Crippen molar-refractivity contribution in [2.45, 2.75) is 45.3 Å². The molecule has 158 valence electrons. The molecular formula is C18H20FN7O3S. The van der Waals surface area contributed by atoms with Crippen LogP contribution < -0.4 is 5.32 Å². The fraction of sp³-hybridized carbons (Fsp3) is 0.389. The van der Waals surface area contributed by atoms with Crippen LogP contribution >= 0.6 is 11.3 Å². The number of rotatable bonds is 10. The summed E-state index contributed by atoms with van der Waals surface area (Å²) in [5.74, 6) is -1.44. The number of pyridine rings is 1. The summed E-state index contributed by atoms with van der Waals surface area (Å²) in [6.07, 6.45) is 1.35. The second-order valence-corrected chi connectivity index (χ2v) is 7.47. The molecule has 0 bridgehead atoms. The average molecular weight is 433 g/mol. The van der Waals surface area contributed by atoms with Gasteiger partial charge in [0, 0.05) is 18.3 Å². The van der Waals surface area contributed by atoms with Gasteiger partial charge in [0.1, 0.15) is 11.2 Å². The summed E-state index contributed by atoms with van der Waals surface area (Å²) >= 11 is 1.18. The van der Waals surface area contributed by atoms with Gasteiger partial charge in [0.05, 0.1) is 18.7 Å². The van der Waals surface area contributed by atoms with E-state index in [4.69, 9.17) is 5.11 Å². The van der Waals surface area contributed by atoms with Gasteiger partial charge >= 0.3 is 5.97 Å². The van der Waals surface area contributed by atoms with E-state index in [-0.39, 0.29) is 31.0 Å². The molecule has 3 heterocycles. The first-order valence-electron chi connectivity index (χ1n) is 9.28. The Morgan fingerprint density at radius 1 is 1.30 bits per heavy atom. The van der Waals surface area contributed by atoms with Crippen molar-refractivity contribution in [1.29, 1.82) is 0 Å². The Kier molecular flexibility index (Phi) is 7.12. The molecule has 0 fully saturated rings. The summed E-state index contributed by atoms with van der Waals surface area (Å²) < 4.78 is 15.7. The van der Waals surface area contributed by atoms with Crippen LogP contribution in [-0.4, -0.2) is 53.3 Å². The molecule has 0 aliphatic carbocycles. The van der Waals surface area contributed by atoms with E-state index in [0.29, 0.717) is 34.4 Å². The predicted molar refractivity (Wildman–Crippen MR) is 106 cm³/mol. The van der Waals surface area contributed by atoms with Gasteiger partial charge < -0.3 is 10.4 Å². The highest BCUT2D eigenvalue weighted by atomic mass is 32.1. The van der Waals surface area contributed by atoms with Crippen molar-refractivity contribution in [1.82, 2.24) is 30.2 Å². The molecule has 30 heavy (non-hydrogen) atoms. The zero-order valence-electron chi connectivity index (χ0n) is 16.2. The van der Waals surface area contributed by atoms with Crippen LogP contribution in [0.2, 0.25) is 0 Å². The van der Waals surface area contributed by atoms with Gasteiger partial charge in [0.25, 0.3) is 0 Å². The second-order valence-electron chi connectivity index (χ2n) is 6.41. The molecule has 12 heteroatoms. The molecule has 3 aromatic rings. The van der Waals surface area contributed by atoms with Crippen molar-refractivity contribution in [2.24, 2.45) is 0 Å². The molecule has 0 aromatic carbocycles. The number of aromatic carboxylic acids is 1. The molecule has 2 N–H and O–H groups in total. The molecular weight excluding hydrogens is 413 g/mol. The van der Waals surface area contributed by atoms with Crippen molar-refractivity contribution in [3.8, 4) is 0 Å². The predicted octanol–water partition coefficient (Wildman–Crippen LogP) is 1.94. The number of carboxylic acids is 1. The number of aryl methyl sites for hydroxylation is 1. The first-order valence-corrected chi connectivity index (χ1v) is 10.1. The van der Waals surface area contributed by atoms with E-state index in [2.05, 4.69) is 30.8 Å². The van der Waals surface area contributed by atoms with Gasteiger partial charge in [-0.3, -0.25) is 9.78 Å². The molecule has 0 saturated heterocycles. The van der Waals surface area contributed by atoms with E-state index in [0.717, 1.165) is 0 Å². The number of alkyl halides is 1. The largest absolute Gasteiger partial charge is 0.476 e. The summed E-state index contributed by atoms with van der Waals surface area (Å²) in [4.78, 5) is 27.2. The van der Waals surface area contributed by atoms with Crippen LogP contribution in [-0.2, 0) is 30.6 Å². The smallest absolute Gasteiger partial charge is 0.358 e. The van der Waals surface area contributed by atoms with E-state index in [1.807, 2.05) is 0 Å². The SMILES string of the molecule is CCc1c(C(=O)O)nnn1C[C@H](F)CCc1nnc(NC(=O)Cc2ccccn2)s1. The van der Waals surface area contributed by atoms with Crippen molar-refractivity contribution in [3.05, 3.63) is 46.5 Å². The maximum atomic E-state index is 14.4. The Morgan fingerprint density at radius 3 is 2.83 bits per heavy atom. The Hall–Kier alpha value is -3.28. The van der Waals surface area contributed by atoms with Crippen LogP contribution in [0, 0.1) is 0 Å². The van der Waals surface area contributed by atoms with E-state index < -0.39 is 12.1 Å². The minimum atomic E-state index is -1.26. The summed E-state index contributed by atoms with van der Waals surface area (Å²) in [6.45, 7) is 1.68. The van der Waals surface area contributed by atoms with Gasteiger partial charge in [-0.2, -0.15) is 0 Å². The lowest BCUT2D eigenvalue weighted by Crippen LogP contribution is -2.16. The Bertz CT molecular complexity index is 1010. The highest BCUT2D eigenvalue weighted by Gasteiger charge is 2.20. The number of hydrogen-bond acceptors (Lipinski definition) is 8. The van der Waals surface area contributed by atoms with Crippen LogP contribution in [0.15, 0.2) is 24.4 Å². The quantitative estimate of drug-likeness (QED) is 0.495. The van der Waals surface area contributed by atoms with Crippen LogP contribution in [0.5, 0.6) is 0 Å². The van der Waals surface area contributed by atoms with Crippen LogP contribution in [0.3, 0.4) is 0 Å². The van der Waals surface area contributed by atoms with Crippen molar-refractivity contribution < 1.29 is 19.1 Å². The molecule has 0 radical (unpaired) electrons. The lowest BCUT2D eigenvalue weighted by atomic mass is 10.2. The highest BCUT2D eigenvalue weighted by Crippen LogP contribution is 2.19. The third-order valence-corrected chi connectivity index (χ3v) is 5.10. The first kappa shape index (κ1) is 21.4. The van der Waals surface area contributed by atoms with E-state index in [9.17, 15) is 14.0 Å². The summed E-state index contributed by atoms with van der Waals surface area (Å²) in [7, 11) is 0. The molecule has 3 aromatic heterocycles. The van der Waals surface area contributed by atoms with E-state index in [1.54, 1.807) is 31.3 Å². The normalized spacial score (nSPS) is 11.9. The summed E-state index contributed by atoms with van der Waals surface area (Å²) in [5, 5.41) is 27.9. The zero-order valence-corrected chi connectivity index (χ0v) is 17.0. The maximum Gasteiger partial charge on any atom is 0.358 e. The fourth-order valence-electron chi connectivity index (χ4n) is 2.79. The third-order valence-electron chi connectivity index (χ3n) is 4.20.